The summed E-state index contributed by atoms with van der Waals surface area (Å²) >= 11 is 0. The minimum atomic E-state index is -1.83. The van der Waals surface area contributed by atoms with Gasteiger partial charge in [0, 0.05) is 6.42 Å². The lowest BCUT2D eigenvalue weighted by molar-refractivity contribution is -0.318. The maximum Gasteiger partial charge on any atom is 0.306 e. The lowest BCUT2D eigenvalue weighted by Gasteiger charge is -2.47. The van der Waals surface area contributed by atoms with Gasteiger partial charge in [0.1, 0.15) is 48.8 Å². The molecule has 1 aliphatic carbocycles. The summed E-state index contributed by atoms with van der Waals surface area (Å²) < 4.78 is 16.4. The second kappa shape index (κ2) is 18.6. The molecule has 0 aromatic heterocycles. The van der Waals surface area contributed by atoms with E-state index >= 15 is 0 Å². The topological polar surface area (TPSA) is 212 Å². The van der Waals surface area contributed by atoms with Gasteiger partial charge in [-0.15, -0.1) is 0 Å². The van der Waals surface area contributed by atoms with Crippen LogP contribution in [0, 0.1) is 0 Å². The molecule has 1 saturated carbocycles. The number of ether oxygens (including phenoxy) is 3. The first-order valence-corrected chi connectivity index (χ1v) is 15.1. The summed E-state index contributed by atoms with van der Waals surface area (Å²) in [6, 6.07) is -1.33. The third-order valence-corrected chi connectivity index (χ3v) is 8.02. The number of carbonyl (C=O) groups is 1. The molecule has 0 aromatic carbocycles. The van der Waals surface area contributed by atoms with Gasteiger partial charge in [-0.25, -0.2) is 0 Å². The van der Waals surface area contributed by atoms with E-state index in [1.165, 1.54) is 57.8 Å². The minimum absolute atomic E-state index is 0.0549. The predicted molar refractivity (Wildman–Crippen MR) is 145 cm³/mol. The molecule has 5 unspecified atom stereocenters. The van der Waals surface area contributed by atoms with Crippen molar-refractivity contribution in [2.45, 2.75) is 164 Å². The first kappa shape index (κ1) is 35.3. The molecule has 0 bridgehead atoms. The van der Waals surface area contributed by atoms with Crippen LogP contribution in [0.2, 0.25) is 0 Å². The van der Waals surface area contributed by atoms with Crippen LogP contribution in [-0.4, -0.2) is 116 Å². The number of aliphatic hydroxyl groups is 7. The summed E-state index contributed by atoms with van der Waals surface area (Å²) in [7, 11) is 0. The Labute approximate surface area is 237 Å². The Morgan fingerprint density at radius 2 is 1.15 bits per heavy atom. The van der Waals surface area contributed by atoms with Crippen molar-refractivity contribution in [2.24, 2.45) is 5.73 Å². The molecule has 9 N–H and O–H groups in total. The number of hydrogen-bond donors (Lipinski definition) is 8. The fourth-order valence-corrected chi connectivity index (χ4v) is 5.35. The maximum atomic E-state index is 12.6. The van der Waals surface area contributed by atoms with E-state index in [0.717, 1.165) is 19.3 Å². The summed E-state index contributed by atoms with van der Waals surface area (Å²) in [6.45, 7) is 1.55. The Morgan fingerprint density at radius 3 is 1.65 bits per heavy atom. The molecule has 0 amide bonds. The predicted octanol–water partition coefficient (Wildman–Crippen LogP) is -0.0118. The maximum absolute atomic E-state index is 12.6. The molecule has 2 rings (SSSR count). The minimum Gasteiger partial charge on any atom is -0.457 e. The second-order valence-electron chi connectivity index (χ2n) is 11.3. The van der Waals surface area contributed by atoms with Crippen molar-refractivity contribution < 1.29 is 54.8 Å². The zero-order chi connectivity index (χ0) is 29.7. The average molecular weight is 580 g/mol. The lowest BCUT2D eigenvalue weighted by Crippen LogP contribution is -2.68. The van der Waals surface area contributed by atoms with Crippen LogP contribution in [0.4, 0.5) is 0 Å². The highest BCUT2D eigenvalue weighted by molar-refractivity contribution is 5.69. The highest BCUT2D eigenvalue weighted by Gasteiger charge is 2.54. The van der Waals surface area contributed by atoms with Crippen LogP contribution in [-0.2, 0) is 19.0 Å². The second-order valence-corrected chi connectivity index (χ2v) is 11.3. The molecule has 12 nitrogen and oxygen atoms in total. The monoisotopic (exact) mass is 579 g/mol. The summed E-state index contributed by atoms with van der Waals surface area (Å²) in [6.07, 6.45) is -1.17. The zero-order valence-corrected chi connectivity index (χ0v) is 23.8. The van der Waals surface area contributed by atoms with E-state index in [-0.39, 0.29) is 6.42 Å². The summed E-state index contributed by atoms with van der Waals surface area (Å²) in [4.78, 5) is 12.6. The number of esters is 1. The van der Waals surface area contributed by atoms with E-state index in [1.54, 1.807) is 0 Å². The molecule has 0 spiro atoms. The van der Waals surface area contributed by atoms with Gasteiger partial charge in [0.15, 0.2) is 12.4 Å². The Morgan fingerprint density at radius 1 is 0.675 bits per heavy atom. The van der Waals surface area contributed by atoms with E-state index in [2.05, 4.69) is 6.92 Å². The fraction of sp³-hybridized carbons (Fsp3) is 0.964. The van der Waals surface area contributed by atoms with Gasteiger partial charge in [0.25, 0.3) is 0 Å². The van der Waals surface area contributed by atoms with Crippen LogP contribution in [0.25, 0.3) is 0 Å². The van der Waals surface area contributed by atoms with Gasteiger partial charge in [0.2, 0.25) is 0 Å². The van der Waals surface area contributed by atoms with E-state index in [9.17, 15) is 40.5 Å². The molecule has 1 heterocycles. The van der Waals surface area contributed by atoms with Crippen LogP contribution >= 0.6 is 0 Å². The van der Waals surface area contributed by atoms with Gasteiger partial charge >= 0.3 is 5.97 Å². The first-order chi connectivity index (χ1) is 19.1. The molecule has 12 heteroatoms. The smallest absolute Gasteiger partial charge is 0.306 e. The van der Waals surface area contributed by atoms with Gasteiger partial charge in [0.05, 0.1) is 12.6 Å². The molecule has 0 radical (unpaired) electrons. The fourth-order valence-electron chi connectivity index (χ4n) is 5.35. The molecular formula is C28H53NO11. The molecule has 0 aromatic rings. The largest absolute Gasteiger partial charge is 0.457 e. The SMILES string of the molecule is CCCCCCCCCCCCCCCC(=O)OC1C(O[C@H]2OC(CO)[C@@H](O)[C@H](O)C2N)[C@@H](O)[C@@H](O)C(O)[C@@H]1O. The van der Waals surface area contributed by atoms with Crippen molar-refractivity contribution in [1.29, 1.82) is 0 Å². The van der Waals surface area contributed by atoms with Gasteiger partial charge < -0.3 is 55.7 Å². The molecule has 1 saturated heterocycles. The van der Waals surface area contributed by atoms with Crippen molar-refractivity contribution in [3.05, 3.63) is 0 Å². The quantitative estimate of drug-likeness (QED) is 0.0795. The normalized spacial score (nSPS) is 36.5. The molecule has 236 valence electrons. The average Bonchev–Trinajstić information content (AvgIpc) is 2.94. The third kappa shape index (κ3) is 10.4. The number of unbranched alkanes of at least 4 members (excludes halogenated alkanes) is 12. The Kier molecular flexibility index (Phi) is 16.4. The van der Waals surface area contributed by atoms with Crippen molar-refractivity contribution in [3.8, 4) is 0 Å². The number of nitrogens with two attached hydrogens (primary N) is 1. The summed E-state index contributed by atoms with van der Waals surface area (Å²) in [5.74, 6) is -0.672. The first-order valence-electron chi connectivity index (χ1n) is 15.1. The molecule has 40 heavy (non-hydrogen) atoms. The number of rotatable bonds is 18. The van der Waals surface area contributed by atoms with Gasteiger partial charge in [-0.1, -0.05) is 84.0 Å². The van der Waals surface area contributed by atoms with Crippen molar-refractivity contribution in [1.82, 2.24) is 0 Å². The number of carbonyl (C=O) groups excluding carboxylic acids is 1. The van der Waals surface area contributed by atoms with E-state index in [1.807, 2.05) is 0 Å². The molecule has 2 aliphatic rings. The number of hydrogen-bond acceptors (Lipinski definition) is 12. The van der Waals surface area contributed by atoms with E-state index < -0.39 is 79.8 Å². The molecule has 2 fully saturated rings. The Hall–Kier alpha value is -0.930. The van der Waals surface area contributed by atoms with Crippen molar-refractivity contribution in [3.63, 3.8) is 0 Å². The van der Waals surface area contributed by atoms with Gasteiger partial charge in [-0.05, 0) is 6.42 Å². The lowest BCUT2D eigenvalue weighted by atomic mass is 9.84. The highest BCUT2D eigenvalue weighted by atomic mass is 16.7. The van der Waals surface area contributed by atoms with E-state index in [0.29, 0.717) is 6.42 Å². The Balaban J connectivity index is 1.78. The van der Waals surface area contributed by atoms with Gasteiger partial charge in [-0.3, -0.25) is 4.79 Å². The highest BCUT2D eigenvalue weighted by Crippen LogP contribution is 2.30. The summed E-state index contributed by atoms with van der Waals surface area (Å²) in [5.41, 5.74) is 5.89. The van der Waals surface area contributed by atoms with Crippen LogP contribution in [0.5, 0.6) is 0 Å². The summed E-state index contributed by atoms with van der Waals surface area (Å²) in [5, 5.41) is 71.1. The molecular weight excluding hydrogens is 526 g/mol. The van der Waals surface area contributed by atoms with Gasteiger partial charge in [-0.2, -0.15) is 0 Å². The Bertz CT molecular complexity index is 699. The van der Waals surface area contributed by atoms with Crippen molar-refractivity contribution >= 4 is 5.97 Å². The van der Waals surface area contributed by atoms with Crippen LogP contribution in [0.15, 0.2) is 0 Å². The van der Waals surface area contributed by atoms with Crippen LogP contribution < -0.4 is 5.73 Å². The number of aliphatic hydroxyl groups excluding tert-OH is 7. The molecule has 11 atom stereocenters. The van der Waals surface area contributed by atoms with E-state index in [4.69, 9.17) is 19.9 Å². The third-order valence-electron chi connectivity index (χ3n) is 8.02. The zero-order valence-electron chi connectivity index (χ0n) is 23.8. The standard InChI is InChI=1S/C28H53NO11/c1-2-3-4-5-6-7-8-9-10-11-12-13-14-15-18(31)39-26-24(36)22(34)23(35)25(37)27(26)40-28-19(29)21(33)20(32)17(16-30)38-28/h17,19-28,30,32-37H,2-16,29H2,1H3/t17?,19?,20-,21-,22?,23+,24+,25+,26?,27?,28-/m1/s1. The van der Waals surface area contributed by atoms with Crippen LogP contribution in [0.1, 0.15) is 96.8 Å². The molecule has 1 aliphatic heterocycles. The van der Waals surface area contributed by atoms with Crippen LogP contribution in [0.3, 0.4) is 0 Å². The van der Waals surface area contributed by atoms with Crippen molar-refractivity contribution in [2.75, 3.05) is 6.61 Å².